The van der Waals surface area contributed by atoms with E-state index in [2.05, 4.69) is 25.4 Å². The van der Waals surface area contributed by atoms with Crippen LogP contribution in [0.4, 0.5) is 5.95 Å². The molecule has 1 aliphatic rings. The molecule has 2 aromatic heterocycles. The highest BCUT2D eigenvalue weighted by atomic mass is 35.5. The fourth-order valence-electron chi connectivity index (χ4n) is 2.06. The van der Waals surface area contributed by atoms with Crippen LogP contribution in [0, 0.1) is 0 Å². The summed E-state index contributed by atoms with van der Waals surface area (Å²) < 4.78 is 1.28. The van der Waals surface area contributed by atoms with Crippen molar-refractivity contribution in [2.24, 2.45) is 0 Å². The number of halogens is 2. The maximum atomic E-state index is 6.12. The first-order valence-electron chi connectivity index (χ1n) is 6.07. The quantitative estimate of drug-likeness (QED) is 0.894. The molecule has 3 heterocycles. The number of thiophene rings is 1. The van der Waals surface area contributed by atoms with Crippen LogP contribution < -0.4 is 10.2 Å². The number of rotatable bonds is 2. The molecule has 1 fully saturated rings. The van der Waals surface area contributed by atoms with Gasteiger partial charge in [-0.15, -0.1) is 16.4 Å². The maximum absolute atomic E-state index is 6.12. The largest absolute Gasteiger partial charge is 0.338 e. The Balaban J connectivity index is 1.84. The minimum atomic E-state index is 0.630. The summed E-state index contributed by atoms with van der Waals surface area (Å²) in [4.78, 5) is 6.68. The molecule has 0 spiro atoms. The van der Waals surface area contributed by atoms with Gasteiger partial charge in [-0.05, 0) is 19.0 Å². The summed E-state index contributed by atoms with van der Waals surface area (Å²) in [6, 6.07) is 1.81. The fraction of sp³-hybridized carbons (Fsp3) is 0.455. The smallest absolute Gasteiger partial charge is 0.245 e. The first-order valence-corrected chi connectivity index (χ1v) is 7.64. The summed E-state index contributed by atoms with van der Waals surface area (Å²) in [6.07, 6.45) is 1.09. The Kier molecular flexibility index (Phi) is 3.93. The second-order valence-corrected chi connectivity index (χ2v) is 6.60. The topological polar surface area (TPSA) is 56.8 Å². The summed E-state index contributed by atoms with van der Waals surface area (Å²) in [5.41, 5.74) is 0.809. The minimum absolute atomic E-state index is 0.630. The van der Waals surface area contributed by atoms with Gasteiger partial charge in [0.25, 0.3) is 0 Å². The average Bonchev–Trinajstić information content (AvgIpc) is 2.88. The van der Waals surface area contributed by atoms with E-state index in [1.54, 1.807) is 0 Å². The van der Waals surface area contributed by atoms with Crippen LogP contribution in [-0.4, -0.2) is 41.4 Å². The summed E-state index contributed by atoms with van der Waals surface area (Å²) >= 11 is 13.4. The lowest BCUT2D eigenvalue weighted by molar-refractivity contribution is 0.724. The summed E-state index contributed by atoms with van der Waals surface area (Å²) in [7, 11) is 0. The van der Waals surface area contributed by atoms with E-state index in [4.69, 9.17) is 23.2 Å². The lowest BCUT2D eigenvalue weighted by atomic mass is 10.3. The normalized spacial score (nSPS) is 16.6. The third-order valence-electron chi connectivity index (χ3n) is 3.01. The van der Waals surface area contributed by atoms with Crippen LogP contribution in [0.15, 0.2) is 6.07 Å². The fourth-order valence-corrected chi connectivity index (χ4v) is 3.53. The van der Waals surface area contributed by atoms with Crippen LogP contribution in [-0.2, 0) is 0 Å². The van der Waals surface area contributed by atoms with Gasteiger partial charge in [-0.25, -0.2) is 0 Å². The summed E-state index contributed by atoms with van der Waals surface area (Å²) in [5, 5.41) is 10.6. The molecule has 0 unspecified atom stereocenters. The lowest BCUT2D eigenvalue weighted by Crippen LogP contribution is -2.28. The second kappa shape index (κ2) is 5.66. The number of hydrogen-bond donors (Lipinski definition) is 2. The van der Waals surface area contributed by atoms with E-state index in [1.807, 2.05) is 6.07 Å². The molecule has 0 amide bonds. The molecule has 0 radical (unpaired) electrons. The van der Waals surface area contributed by atoms with Gasteiger partial charge >= 0.3 is 0 Å². The number of anilines is 1. The number of nitrogens with one attached hydrogen (secondary N) is 2. The van der Waals surface area contributed by atoms with Gasteiger partial charge in [0.15, 0.2) is 5.82 Å². The molecule has 2 N–H and O–H groups in total. The van der Waals surface area contributed by atoms with Gasteiger partial charge in [0.05, 0.1) is 4.34 Å². The lowest BCUT2D eigenvalue weighted by Gasteiger charge is -2.16. The second-order valence-electron chi connectivity index (χ2n) is 4.31. The van der Waals surface area contributed by atoms with Crippen molar-refractivity contribution >= 4 is 40.5 Å². The molecule has 3 rings (SSSR count). The van der Waals surface area contributed by atoms with Crippen molar-refractivity contribution in [1.82, 2.24) is 20.5 Å². The van der Waals surface area contributed by atoms with Gasteiger partial charge in [-0.1, -0.05) is 23.2 Å². The molecule has 5 nitrogen and oxygen atoms in total. The van der Waals surface area contributed by atoms with Crippen LogP contribution in [0.25, 0.3) is 11.4 Å². The summed E-state index contributed by atoms with van der Waals surface area (Å²) in [5.74, 6) is 1.39. The highest BCUT2D eigenvalue weighted by molar-refractivity contribution is 7.20. The van der Waals surface area contributed by atoms with Gasteiger partial charge < -0.3 is 10.2 Å². The van der Waals surface area contributed by atoms with E-state index in [9.17, 15) is 0 Å². The number of aromatic nitrogens is 3. The van der Waals surface area contributed by atoms with Crippen molar-refractivity contribution in [2.45, 2.75) is 6.42 Å². The van der Waals surface area contributed by atoms with E-state index in [0.717, 1.165) is 44.1 Å². The van der Waals surface area contributed by atoms with E-state index in [1.165, 1.54) is 11.3 Å². The van der Waals surface area contributed by atoms with Gasteiger partial charge in [0.2, 0.25) is 5.95 Å². The van der Waals surface area contributed by atoms with Crippen molar-refractivity contribution in [3.05, 3.63) is 14.7 Å². The van der Waals surface area contributed by atoms with E-state index >= 15 is 0 Å². The first-order chi connectivity index (χ1) is 9.24. The minimum Gasteiger partial charge on any atom is -0.338 e. The highest BCUT2D eigenvalue weighted by Crippen LogP contribution is 2.36. The van der Waals surface area contributed by atoms with E-state index in [0.29, 0.717) is 14.5 Å². The maximum Gasteiger partial charge on any atom is 0.245 e. The average molecular weight is 318 g/mol. The molecule has 2 aromatic rings. The predicted octanol–water partition coefficient (Wildman–Crippen LogP) is 2.64. The molecule has 102 valence electrons. The van der Waals surface area contributed by atoms with E-state index in [-0.39, 0.29) is 0 Å². The first kappa shape index (κ1) is 13.2. The number of nitrogens with zero attached hydrogens (tertiary/aromatic N) is 3. The molecule has 1 aliphatic heterocycles. The van der Waals surface area contributed by atoms with Gasteiger partial charge in [-0.3, -0.25) is 5.10 Å². The van der Waals surface area contributed by atoms with Crippen molar-refractivity contribution in [1.29, 1.82) is 0 Å². The molecule has 0 atom stereocenters. The van der Waals surface area contributed by atoms with Gasteiger partial charge in [0, 0.05) is 25.2 Å². The Hall–Kier alpha value is -0.820. The van der Waals surface area contributed by atoms with Crippen LogP contribution in [0.2, 0.25) is 8.67 Å². The standard InChI is InChI=1S/C11H13Cl2N5S/c12-8-6-7(9(13)19-8)10-15-11(17-16-10)18-4-1-2-14-3-5-18/h6,14H,1-5H2,(H,15,16,17). The van der Waals surface area contributed by atoms with Crippen LogP contribution in [0.3, 0.4) is 0 Å². The Labute approximate surface area is 124 Å². The van der Waals surface area contributed by atoms with Crippen LogP contribution in [0.1, 0.15) is 6.42 Å². The third-order valence-corrected chi connectivity index (χ3v) is 4.50. The highest BCUT2D eigenvalue weighted by Gasteiger charge is 2.17. The van der Waals surface area contributed by atoms with Crippen molar-refractivity contribution < 1.29 is 0 Å². The molecule has 0 bridgehead atoms. The van der Waals surface area contributed by atoms with Crippen LogP contribution >= 0.6 is 34.5 Å². The number of aromatic amines is 1. The molecule has 0 aliphatic carbocycles. The monoisotopic (exact) mass is 317 g/mol. The number of hydrogen-bond acceptors (Lipinski definition) is 5. The van der Waals surface area contributed by atoms with Gasteiger partial charge in [-0.2, -0.15) is 4.98 Å². The molecular weight excluding hydrogens is 305 g/mol. The van der Waals surface area contributed by atoms with E-state index < -0.39 is 0 Å². The SMILES string of the molecule is Clc1cc(-c2nc(N3CCCNCC3)n[nH]2)c(Cl)s1. The summed E-state index contributed by atoms with van der Waals surface area (Å²) in [6.45, 7) is 3.87. The van der Waals surface area contributed by atoms with Crippen LogP contribution in [0.5, 0.6) is 0 Å². The molecule has 0 saturated carbocycles. The Bertz CT molecular complexity index is 559. The Morgan fingerprint density at radius 1 is 1.26 bits per heavy atom. The zero-order valence-corrected chi connectivity index (χ0v) is 12.4. The predicted molar refractivity (Wildman–Crippen MR) is 79.4 cm³/mol. The van der Waals surface area contributed by atoms with Crippen molar-refractivity contribution in [2.75, 3.05) is 31.1 Å². The number of H-pyrrole nitrogens is 1. The molecule has 1 saturated heterocycles. The zero-order valence-electron chi connectivity index (χ0n) is 10.1. The molecule has 0 aromatic carbocycles. The zero-order chi connectivity index (χ0) is 13.2. The molecule has 19 heavy (non-hydrogen) atoms. The third kappa shape index (κ3) is 2.86. The molecular formula is C11H13Cl2N5S. The van der Waals surface area contributed by atoms with Crippen molar-refractivity contribution in [3.8, 4) is 11.4 Å². The van der Waals surface area contributed by atoms with Crippen molar-refractivity contribution in [3.63, 3.8) is 0 Å². The Morgan fingerprint density at radius 2 is 2.16 bits per heavy atom. The Morgan fingerprint density at radius 3 is 2.95 bits per heavy atom. The molecule has 8 heteroatoms. The van der Waals surface area contributed by atoms with Gasteiger partial charge in [0.1, 0.15) is 4.34 Å².